The van der Waals surface area contributed by atoms with Crippen molar-refractivity contribution in [3.8, 4) is 6.07 Å². The molecule has 0 radical (unpaired) electrons. The zero-order valence-corrected chi connectivity index (χ0v) is 13.3. The Morgan fingerprint density at radius 1 is 1.25 bits per heavy atom. The number of hydrogen-bond donors (Lipinski definition) is 0. The fourth-order valence-corrected chi connectivity index (χ4v) is 3.18. The summed E-state index contributed by atoms with van der Waals surface area (Å²) in [4.78, 5) is 6.77. The van der Waals surface area contributed by atoms with Gasteiger partial charge in [0, 0.05) is 18.8 Å². The standard InChI is InChI=1S/C17H25N3/c1-12-10-16(15(11-18)13(2)19-12)20-8-6-14(7-9-20)17(3,4)5/h10,14H,6-9H2,1-5H3. The van der Waals surface area contributed by atoms with Gasteiger partial charge in [-0.3, -0.25) is 4.98 Å². The number of hydrogen-bond acceptors (Lipinski definition) is 3. The summed E-state index contributed by atoms with van der Waals surface area (Å²) in [6.07, 6.45) is 2.41. The molecule has 1 aliphatic heterocycles. The summed E-state index contributed by atoms with van der Waals surface area (Å²) in [5.41, 5.74) is 4.04. The molecule has 0 bridgehead atoms. The van der Waals surface area contributed by atoms with Crippen LogP contribution >= 0.6 is 0 Å². The average Bonchev–Trinajstić information content (AvgIpc) is 2.37. The topological polar surface area (TPSA) is 39.9 Å². The maximum absolute atomic E-state index is 9.39. The number of nitriles is 1. The first-order valence-corrected chi connectivity index (χ1v) is 7.46. The summed E-state index contributed by atoms with van der Waals surface area (Å²) in [7, 11) is 0. The van der Waals surface area contributed by atoms with Crippen molar-refractivity contribution in [1.29, 1.82) is 5.26 Å². The van der Waals surface area contributed by atoms with Gasteiger partial charge in [-0.1, -0.05) is 20.8 Å². The minimum Gasteiger partial charge on any atom is -0.370 e. The van der Waals surface area contributed by atoms with Crippen molar-refractivity contribution in [2.75, 3.05) is 18.0 Å². The Kier molecular flexibility index (Phi) is 4.04. The van der Waals surface area contributed by atoms with Gasteiger partial charge < -0.3 is 4.90 Å². The molecule has 2 rings (SSSR count). The number of anilines is 1. The van der Waals surface area contributed by atoms with Crippen molar-refractivity contribution in [3.05, 3.63) is 23.0 Å². The van der Waals surface area contributed by atoms with Crippen LogP contribution in [0.3, 0.4) is 0 Å². The quantitative estimate of drug-likeness (QED) is 0.779. The van der Waals surface area contributed by atoms with Gasteiger partial charge in [0.25, 0.3) is 0 Å². The molecule has 1 aliphatic rings. The lowest BCUT2D eigenvalue weighted by Gasteiger charge is -2.40. The average molecular weight is 271 g/mol. The van der Waals surface area contributed by atoms with Crippen molar-refractivity contribution in [1.82, 2.24) is 4.98 Å². The highest BCUT2D eigenvalue weighted by Gasteiger charge is 2.29. The molecule has 3 nitrogen and oxygen atoms in total. The number of aromatic nitrogens is 1. The monoisotopic (exact) mass is 271 g/mol. The first-order chi connectivity index (χ1) is 9.32. The van der Waals surface area contributed by atoms with E-state index in [2.05, 4.69) is 42.8 Å². The van der Waals surface area contributed by atoms with Crippen LogP contribution in [0.2, 0.25) is 0 Å². The van der Waals surface area contributed by atoms with Gasteiger partial charge >= 0.3 is 0 Å². The second-order valence-electron chi connectivity index (χ2n) is 6.98. The van der Waals surface area contributed by atoms with Gasteiger partial charge in [-0.2, -0.15) is 5.26 Å². The zero-order chi connectivity index (χ0) is 14.9. The normalized spacial score (nSPS) is 17.1. The minimum absolute atomic E-state index is 0.383. The number of pyridine rings is 1. The number of aryl methyl sites for hydroxylation is 2. The van der Waals surface area contributed by atoms with Gasteiger partial charge in [0.1, 0.15) is 6.07 Å². The Hall–Kier alpha value is -1.56. The number of rotatable bonds is 1. The predicted molar refractivity (Wildman–Crippen MR) is 82.8 cm³/mol. The second-order valence-corrected chi connectivity index (χ2v) is 6.98. The molecule has 0 unspecified atom stereocenters. The fraction of sp³-hybridized carbons (Fsp3) is 0.647. The molecule has 0 aromatic carbocycles. The highest BCUT2D eigenvalue weighted by atomic mass is 15.1. The maximum atomic E-state index is 9.39. The smallest absolute Gasteiger partial charge is 0.103 e. The Bertz CT molecular complexity index is 526. The highest BCUT2D eigenvalue weighted by molar-refractivity contribution is 5.61. The predicted octanol–water partition coefficient (Wildman–Crippen LogP) is 3.83. The third kappa shape index (κ3) is 2.95. The molecule has 1 aromatic rings. The summed E-state index contributed by atoms with van der Waals surface area (Å²) in [6, 6.07) is 4.38. The Morgan fingerprint density at radius 2 is 1.85 bits per heavy atom. The molecule has 0 aliphatic carbocycles. The molecule has 0 spiro atoms. The Morgan fingerprint density at radius 3 is 2.35 bits per heavy atom. The van der Waals surface area contributed by atoms with Gasteiger partial charge in [0.2, 0.25) is 0 Å². The second kappa shape index (κ2) is 5.44. The molecule has 1 saturated heterocycles. The van der Waals surface area contributed by atoms with Crippen LogP contribution < -0.4 is 4.90 Å². The molecular formula is C17H25N3. The molecule has 0 amide bonds. The van der Waals surface area contributed by atoms with E-state index in [1.54, 1.807) is 0 Å². The Balaban J connectivity index is 2.21. The van der Waals surface area contributed by atoms with Crippen molar-refractivity contribution in [2.45, 2.75) is 47.5 Å². The third-order valence-electron chi connectivity index (χ3n) is 4.48. The summed E-state index contributed by atoms with van der Waals surface area (Å²) in [6.45, 7) is 13.0. The molecule has 0 saturated carbocycles. The van der Waals surface area contributed by atoms with Crippen LogP contribution in [-0.2, 0) is 0 Å². The van der Waals surface area contributed by atoms with E-state index < -0.39 is 0 Å². The van der Waals surface area contributed by atoms with E-state index in [0.29, 0.717) is 5.41 Å². The van der Waals surface area contributed by atoms with E-state index in [-0.39, 0.29) is 0 Å². The lowest BCUT2D eigenvalue weighted by molar-refractivity contribution is 0.199. The molecule has 1 aromatic heterocycles. The zero-order valence-electron chi connectivity index (χ0n) is 13.3. The molecule has 2 heterocycles. The van der Waals surface area contributed by atoms with E-state index in [9.17, 15) is 5.26 Å². The molecule has 3 heteroatoms. The molecular weight excluding hydrogens is 246 g/mol. The van der Waals surface area contributed by atoms with Crippen molar-refractivity contribution >= 4 is 5.69 Å². The largest absolute Gasteiger partial charge is 0.370 e. The van der Waals surface area contributed by atoms with Gasteiger partial charge in [-0.25, -0.2) is 0 Å². The summed E-state index contributed by atoms with van der Waals surface area (Å²) < 4.78 is 0. The third-order valence-corrected chi connectivity index (χ3v) is 4.48. The SMILES string of the molecule is Cc1cc(N2CCC(C(C)(C)C)CC2)c(C#N)c(C)n1. The van der Waals surface area contributed by atoms with Crippen LogP contribution in [0.15, 0.2) is 6.07 Å². The molecule has 1 fully saturated rings. The molecule has 0 N–H and O–H groups in total. The van der Waals surface area contributed by atoms with Gasteiger partial charge in [-0.05, 0) is 44.1 Å². The van der Waals surface area contributed by atoms with Crippen LogP contribution in [0.25, 0.3) is 0 Å². The first-order valence-electron chi connectivity index (χ1n) is 7.46. The number of nitrogens with zero attached hydrogens (tertiary/aromatic N) is 3. The van der Waals surface area contributed by atoms with Crippen LogP contribution in [-0.4, -0.2) is 18.1 Å². The van der Waals surface area contributed by atoms with Gasteiger partial charge in [0.05, 0.1) is 16.9 Å². The lowest BCUT2D eigenvalue weighted by Crippen LogP contribution is -2.38. The van der Waals surface area contributed by atoms with Crippen molar-refractivity contribution in [3.63, 3.8) is 0 Å². The van der Waals surface area contributed by atoms with Crippen LogP contribution in [0.4, 0.5) is 5.69 Å². The maximum Gasteiger partial charge on any atom is 0.103 e. The molecule has 20 heavy (non-hydrogen) atoms. The summed E-state index contributed by atoms with van der Waals surface area (Å²) >= 11 is 0. The van der Waals surface area contributed by atoms with E-state index in [4.69, 9.17) is 0 Å². The summed E-state index contributed by atoms with van der Waals surface area (Å²) in [5.74, 6) is 0.772. The van der Waals surface area contributed by atoms with E-state index in [0.717, 1.165) is 41.6 Å². The van der Waals surface area contributed by atoms with Gasteiger partial charge in [-0.15, -0.1) is 0 Å². The highest BCUT2D eigenvalue weighted by Crippen LogP contribution is 2.36. The van der Waals surface area contributed by atoms with Crippen LogP contribution in [0, 0.1) is 36.5 Å². The van der Waals surface area contributed by atoms with Crippen molar-refractivity contribution in [2.24, 2.45) is 11.3 Å². The van der Waals surface area contributed by atoms with Crippen molar-refractivity contribution < 1.29 is 0 Å². The van der Waals surface area contributed by atoms with E-state index >= 15 is 0 Å². The molecule has 108 valence electrons. The van der Waals surface area contributed by atoms with E-state index in [1.165, 1.54) is 12.8 Å². The van der Waals surface area contributed by atoms with Crippen LogP contribution in [0.1, 0.15) is 50.6 Å². The first kappa shape index (κ1) is 14.8. The minimum atomic E-state index is 0.383. The van der Waals surface area contributed by atoms with Gasteiger partial charge in [0.15, 0.2) is 0 Å². The molecule has 0 atom stereocenters. The number of piperidine rings is 1. The Labute approximate surface area is 122 Å². The van der Waals surface area contributed by atoms with Crippen LogP contribution in [0.5, 0.6) is 0 Å². The van der Waals surface area contributed by atoms with E-state index in [1.807, 2.05) is 13.8 Å². The fourth-order valence-electron chi connectivity index (χ4n) is 3.18. The summed E-state index contributed by atoms with van der Waals surface area (Å²) in [5, 5.41) is 9.39. The lowest BCUT2D eigenvalue weighted by atomic mass is 9.75.